The van der Waals surface area contributed by atoms with Gasteiger partial charge in [-0.15, -0.1) is 11.3 Å². The van der Waals surface area contributed by atoms with Gasteiger partial charge in [-0.25, -0.2) is 9.78 Å². The summed E-state index contributed by atoms with van der Waals surface area (Å²) in [6.07, 6.45) is 0.209. The average Bonchev–Trinajstić information content (AvgIpc) is 3.26. The first-order valence-corrected chi connectivity index (χ1v) is 11.8. The molecule has 1 atom stereocenters. The minimum atomic E-state index is -3.26. The number of aromatic nitrogens is 1. The van der Waals surface area contributed by atoms with E-state index < -0.39 is 7.52 Å². The lowest BCUT2D eigenvalue weighted by atomic mass is 10.2. The summed E-state index contributed by atoms with van der Waals surface area (Å²) in [6, 6.07) is 15.7. The molecule has 8 heteroatoms. The number of amides is 2. The van der Waals surface area contributed by atoms with E-state index in [1.54, 1.807) is 30.2 Å². The molecule has 0 N–H and O–H groups in total. The van der Waals surface area contributed by atoms with E-state index in [2.05, 4.69) is 11.1 Å². The van der Waals surface area contributed by atoms with E-state index in [0.717, 1.165) is 26.4 Å². The summed E-state index contributed by atoms with van der Waals surface area (Å²) in [5.41, 5.74) is 2.89. The largest absolute Gasteiger partial charge is 0.327 e. The molecule has 1 unspecified atom stereocenters. The van der Waals surface area contributed by atoms with Crippen LogP contribution in [-0.2, 0) is 15.3 Å². The molecule has 0 spiro atoms. The molecule has 28 heavy (non-hydrogen) atoms. The molecule has 1 aliphatic heterocycles. The Labute approximate surface area is 168 Å². The van der Waals surface area contributed by atoms with Crippen molar-refractivity contribution in [1.82, 2.24) is 14.6 Å². The summed E-state index contributed by atoms with van der Waals surface area (Å²) < 4.78 is 21.6. The Bertz CT molecular complexity index is 1020. The summed E-state index contributed by atoms with van der Waals surface area (Å²) in [4.78, 5) is 18.6. The van der Waals surface area contributed by atoms with Crippen LogP contribution in [0, 0.1) is 0 Å². The average molecular weight is 415 g/mol. The zero-order chi connectivity index (χ0) is 19.7. The molecule has 3 aromatic rings. The van der Waals surface area contributed by atoms with Crippen molar-refractivity contribution in [2.75, 3.05) is 26.7 Å². The van der Waals surface area contributed by atoms with Crippen molar-refractivity contribution in [2.45, 2.75) is 13.1 Å². The van der Waals surface area contributed by atoms with Crippen molar-refractivity contribution in [3.63, 3.8) is 0 Å². The molecule has 2 heterocycles. The van der Waals surface area contributed by atoms with Crippen LogP contribution in [0.2, 0.25) is 0 Å². The zero-order valence-corrected chi connectivity index (χ0v) is 17.6. The van der Waals surface area contributed by atoms with Gasteiger partial charge in [0.1, 0.15) is 5.01 Å². The van der Waals surface area contributed by atoms with Gasteiger partial charge in [0, 0.05) is 25.7 Å². The Hall–Kier alpha value is -2.21. The van der Waals surface area contributed by atoms with Crippen LogP contribution in [0.15, 0.2) is 48.5 Å². The molecule has 4 rings (SSSR count). The highest BCUT2D eigenvalue weighted by Crippen LogP contribution is 2.55. The summed E-state index contributed by atoms with van der Waals surface area (Å²) in [5, 5.41) is 0.956. The van der Waals surface area contributed by atoms with Crippen LogP contribution in [0.1, 0.15) is 12.5 Å². The van der Waals surface area contributed by atoms with Gasteiger partial charge in [-0.05, 0) is 24.6 Å². The van der Waals surface area contributed by atoms with E-state index in [9.17, 15) is 9.36 Å². The first kappa shape index (κ1) is 19.1. The van der Waals surface area contributed by atoms with Crippen LogP contribution in [0.5, 0.6) is 0 Å². The van der Waals surface area contributed by atoms with E-state index in [-0.39, 0.29) is 12.2 Å². The second-order valence-electron chi connectivity index (χ2n) is 6.72. The lowest BCUT2D eigenvalue weighted by Gasteiger charge is -2.27. The topological polar surface area (TPSA) is 62.7 Å². The smallest absolute Gasteiger partial charge is 0.326 e. The number of hydrogen-bond donors (Lipinski definition) is 0. The number of rotatable bonds is 6. The molecule has 0 saturated carbocycles. The Kier molecular flexibility index (Phi) is 5.23. The molecule has 1 aromatic heterocycles. The number of nitrogens with zero attached hydrogens (tertiary/aromatic N) is 3. The van der Waals surface area contributed by atoms with E-state index in [4.69, 9.17) is 4.52 Å². The predicted molar refractivity (Wildman–Crippen MR) is 113 cm³/mol. The van der Waals surface area contributed by atoms with Gasteiger partial charge in [-0.3, -0.25) is 9.24 Å². The number of para-hydroxylation sites is 1. The third kappa shape index (κ3) is 3.58. The zero-order valence-electron chi connectivity index (χ0n) is 15.9. The van der Waals surface area contributed by atoms with Crippen LogP contribution in [0.4, 0.5) is 4.79 Å². The maximum Gasteiger partial charge on any atom is 0.327 e. The van der Waals surface area contributed by atoms with E-state index in [1.165, 1.54) is 4.67 Å². The van der Waals surface area contributed by atoms with Gasteiger partial charge >= 0.3 is 13.6 Å². The first-order chi connectivity index (χ1) is 13.5. The van der Waals surface area contributed by atoms with Crippen LogP contribution >= 0.6 is 18.9 Å². The summed E-state index contributed by atoms with van der Waals surface area (Å²) >= 11 is 1.65. The molecule has 1 aliphatic rings. The number of hydrogen-bond acceptors (Lipinski definition) is 5. The van der Waals surface area contributed by atoms with Gasteiger partial charge in [0.05, 0.1) is 23.0 Å². The fourth-order valence-electron chi connectivity index (χ4n) is 3.30. The maximum atomic E-state index is 13.5. The summed E-state index contributed by atoms with van der Waals surface area (Å²) in [6.45, 7) is 3.09. The monoisotopic (exact) mass is 415 g/mol. The van der Waals surface area contributed by atoms with Crippen molar-refractivity contribution >= 4 is 35.1 Å². The minimum Gasteiger partial charge on any atom is -0.326 e. The first-order valence-electron chi connectivity index (χ1n) is 9.22. The number of carbonyl (C=O) groups is 1. The van der Waals surface area contributed by atoms with Gasteiger partial charge < -0.3 is 9.42 Å². The van der Waals surface area contributed by atoms with Crippen LogP contribution in [0.25, 0.3) is 20.8 Å². The molecule has 2 aromatic carbocycles. The standard InChI is InChI=1S/C20H22N3O3PS/c1-3-26-27(25,23-13-12-22(2)20(23)24)14-15-8-10-16(11-9-15)19-21-17-6-4-5-7-18(17)28-19/h4-11H,3,12-14H2,1-2H3. The van der Waals surface area contributed by atoms with Crippen molar-refractivity contribution in [1.29, 1.82) is 0 Å². The normalized spacial score (nSPS) is 16.7. The third-order valence-corrected chi connectivity index (χ3v) is 8.39. The van der Waals surface area contributed by atoms with Gasteiger partial charge in [-0.2, -0.15) is 0 Å². The predicted octanol–water partition coefficient (Wildman–Crippen LogP) is 5.06. The quantitative estimate of drug-likeness (QED) is 0.528. The Balaban J connectivity index is 1.57. The van der Waals surface area contributed by atoms with E-state index >= 15 is 0 Å². The second kappa shape index (κ2) is 7.66. The molecule has 146 valence electrons. The molecular weight excluding hydrogens is 393 g/mol. The Morgan fingerprint density at radius 1 is 1.14 bits per heavy atom. The number of carbonyl (C=O) groups excluding carboxylic acids is 1. The van der Waals surface area contributed by atoms with Gasteiger partial charge in [0.25, 0.3) is 0 Å². The highest BCUT2D eigenvalue weighted by Gasteiger charge is 2.40. The van der Waals surface area contributed by atoms with Crippen molar-refractivity contribution in [3.05, 3.63) is 54.1 Å². The molecule has 0 bridgehead atoms. The Morgan fingerprint density at radius 3 is 2.54 bits per heavy atom. The van der Waals surface area contributed by atoms with E-state index in [1.807, 2.05) is 42.5 Å². The third-order valence-electron chi connectivity index (χ3n) is 4.77. The van der Waals surface area contributed by atoms with Crippen LogP contribution < -0.4 is 0 Å². The molecule has 6 nitrogen and oxygen atoms in total. The lowest BCUT2D eigenvalue weighted by molar-refractivity contribution is 0.207. The van der Waals surface area contributed by atoms with Gasteiger partial charge in [0.2, 0.25) is 0 Å². The summed E-state index contributed by atoms with van der Waals surface area (Å²) in [5.74, 6) is 0. The number of thiazole rings is 1. The fraction of sp³-hybridized carbons (Fsp3) is 0.300. The van der Waals surface area contributed by atoms with Crippen LogP contribution in [-0.4, -0.2) is 47.3 Å². The number of urea groups is 1. The molecular formula is C20H22N3O3PS. The lowest BCUT2D eigenvalue weighted by Crippen LogP contribution is -2.28. The molecule has 1 saturated heterocycles. The SMILES string of the molecule is CCOP(=O)(Cc1ccc(-c2nc3ccccc3s2)cc1)N1CCN(C)C1=O. The molecule has 1 fully saturated rings. The van der Waals surface area contributed by atoms with Crippen LogP contribution in [0.3, 0.4) is 0 Å². The minimum absolute atomic E-state index is 0.209. The second-order valence-corrected chi connectivity index (χ2v) is 10.1. The summed E-state index contributed by atoms with van der Waals surface area (Å²) in [7, 11) is -1.55. The van der Waals surface area contributed by atoms with Gasteiger partial charge in [0.15, 0.2) is 0 Å². The van der Waals surface area contributed by atoms with Crippen molar-refractivity contribution in [2.24, 2.45) is 0 Å². The van der Waals surface area contributed by atoms with Crippen molar-refractivity contribution in [3.8, 4) is 10.6 Å². The van der Waals surface area contributed by atoms with Gasteiger partial charge in [-0.1, -0.05) is 36.4 Å². The highest BCUT2D eigenvalue weighted by molar-refractivity contribution is 7.56. The number of benzene rings is 2. The Morgan fingerprint density at radius 2 is 1.89 bits per heavy atom. The van der Waals surface area contributed by atoms with Crippen molar-refractivity contribution < 1.29 is 13.9 Å². The fourth-order valence-corrected chi connectivity index (χ4v) is 6.55. The van der Waals surface area contributed by atoms with E-state index in [0.29, 0.717) is 19.7 Å². The highest BCUT2D eigenvalue weighted by atomic mass is 32.1. The molecule has 0 radical (unpaired) electrons. The molecule has 2 amide bonds. The number of fused-ring (bicyclic) bond motifs is 1. The number of likely N-dealkylation sites (N-methyl/N-ethyl adjacent to an activating group) is 1. The molecule has 0 aliphatic carbocycles. The maximum absolute atomic E-state index is 13.5.